The molecule has 0 aromatic heterocycles. The summed E-state index contributed by atoms with van der Waals surface area (Å²) in [4.78, 5) is 0. The van der Waals surface area contributed by atoms with Crippen LogP contribution < -0.4 is 5.32 Å². The molecule has 0 saturated carbocycles. The highest BCUT2D eigenvalue weighted by Gasteiger charge is 2.16. The number of halogens is 2. The van der Waals surface area contributed by atoms with Gasteiger partial charge in [-0.05, 0) is 67.3 Å². The number of hydrogen-bond donors (Lipinski definition) is 1. The zero-order valence-corrected chi connectivity index (χ0v) is 15.1. The van der Waals surface area contributed by atoms with E-state index in [9.17, 15) is 0 Å². The van der Waals surface area contributed by atoms with Gasteiger partial charge in [-0.2, -0.15) is 0 Å². The molecule has 2 aromatic rings. The molecule has 21 heavy (non-hydrogen) atoms. The van der Waals surface area contributed by atoms with Gasteiger partial charge in [-0.25, -0.2) is 0 Å². The first-order chi connectivity index (χ1) is 10.0. The van der Waals surface area contributed by atoms with Gasteiger partial charge in [0, 0.05) is 9.50 Å². The van der Waals surface area contributed by atoms with Crippen molar-refractivity contribution in [1.82, 2.24) is 5.32 Å². The molecular weight excluding hydrogens is 346 g/mol. The standard InChI is InChI=1S/C18H21BrClN/c1-4-9-21-18(14-5-7-15(20)8-6-14)16-10-13(3)17(19)11-12(16)2/h5-8,10-11,18,21H,4,9H2,1-3H3. The second-order valence-electron chi connectivity index (χ2n) is 5.40. The molecule has 112 valence electrons. The number of rotatable bonds is 5. The molecule has 0 bridgehead atoms. The van der Waals surface area contributed by atoms with Crippen LogP contribution in [0, 0.1) is 13.8 Å². The van der Waals surface area contributed by atoms with E-state index >= 15 is 0 Å². The maximum Gasteiger partial charge on any atom is 0.0579 e. The summed E-state index contributed by atoms with van der Waals surface area (Å²) in [5.41, 5.74) is 5.12. The smallest absolute Gasteiger partial charge is 0.0579 e. The SMILES string of the molecule is CCCNC(c1ccc(Cl)cc1)c1cc(C)c(Br)cc1C. The molecule has 1 N–H and O–H groups in total. The second kappa shape index (κ2) is 7.44. The van der Waals surface area contributed by atoms with Crippen LogP contribution in [-0.4, -0.2) is 6.54 Å². The van der Waals surface area contributed by atoms with Crippen LogP contribution in [0.4, 0.5) is 0 Å². The molecule has 1 atom stereocenters. The van der Waals surface area contributed by atoms with Crippen molar-refractivity contribution in [3.63, 3.8) is 0 Å². The van der Waals surface area contributed by atoms with E-state index in [1.54, 1.807) is 0 Å². The van der Waals surface area contributed by atoms with Crippen LogP contribution in [0.2, 0.25) is 5.02 Å². The molecule has 0 aliphatic heterocycles. The molecule has 0 aliphatic rings. The second-order valence-corrected chi connectivity index (χ2v) is 6.69. The lowest BCUT2D eigenvalue weighted by molar-refractivity contribution is 0.596. The molecule has 0 fully saturated rings. The largest absolute Gasteiger partial charge is 0.306 e. The Kier molecular flexibility index (Phi) is 5.86. The molecule has 0 aliphatic carbocycles. The van der Waals surface area contributed by atoms with Crippen LogP contribution in [0.1, 0.15) is 41.6 Å². The van der Waals surface area contributed by atoms with E-state index in [-0.39, 0.29) is 6.04 Å². The van der Waals surface area contributed by atoms with E-state index in [0.717, 1.165) is 22.5 Å². The summed E-state index contributed by atoms with van der Waals surface area (Å²) in [7, 11) is 0. The predicted molar refractivity (Wildman–Crippen MR) is 95.2 cm³/mol. The van der Waals surface area contributed by atoms with Crippen LogP contribution in [-0.2, 0) is 0 Å². The van der Waals surface area contributed by atoms with Crippen LogP contribution >= 0.6 is 27.5 Å². The van der Waals surface area contributed by atoms with Crippen molar-refractivity contribution in [1.29, 1.82) is 0 Å². The van der Waals surface area contributed by atoms with Gasteiger partial charge < -0.3 is 5.32 Å². The molecule has 0 saturated heterocycles. The molecule has 0 radical (unpaired) electrons. The molecule has 3 heteroatoms. The van der Waals surface area contributed by atoms with Crippen LogP contribution in [0.3, 0.4) is 0 Å². The van der Waals surface area contributed by atoms with Crippen LogP contribution in [0.25, 0.3) is 0 Å². The molecule has 0 amide bonds. The van der Waals surface area contributed by atoms with E-state index in [0.29, 0.717) is 0 Å². The third-order valence-electron chi connectivity index (χ3n) is 3.66. The molecule has 0 heterocycles. The Morgan fingerprint density at radius 3 is 2.38 bits per heavy atom. The lowest BCUT2D eigenvalue weighted by atomic mass is 9.93. The first kappa shape index (κ1) is 16.5. The van der Waals surface area contributed by atoms with Crippen molar-refractivity contribution in [2.75, 3.05) is 6.54 Å². The molecular formula is C18H21BrClN. The van der Waals surface area contributed by atoms with Gasteiger partial charge in [-0.1, -0.05) is 52.7 Å². The Balaban J connectivity index is 2.45. The zero-order valence-electron chi connectivity index (χ0n) is 12.7. The highest BCUT2D eigenvalue weighted by molar-refractivity contribution is 9.10. The summed E-state index contributed by atoms with van der Waals surface area (Å²) in [6.45, 7) is 7.47. The third-order valence-corrected chi connectivity index (χ3v) is 4.77. The van der Waals surface area contributed by atoms with Crippen LogP contribution in [0.5, 0.6) is 0 Å². The van der Waals surface area contributed by atoms with E-state index in [1.807, 2.05) is 12.1 Å². The third kappa shape index (κ3) is 4.09. The summed E-state index contributed by atoms with van der Waals surface area (Å²) < 4.78 is 1.16. The van der Waals surface area contributed by atoms with Gasteiger partial charge >= 0.3 is 0 Å². The fourth-order valence-electron chi connectivity index (χ4n) is 2.47. The monoisotopic (exact) mass is 365 g/mol. The van der Waals surface area contributed by atoms with Gasteiger partial charge in [0.05, 0.1) is 6.04 Å². The van der Waals surface area contributed by atoms with Gasteiger partial charge in [0.1, 0.15) is 0 Å². The summed E-state index contributed by atoms with van der Waals surface area (Å²) in [5, 5.41) is 4.43. The minimum atomic E-state index is 0.203. The van der Waals surface area contributed by atoms with Gasteiger partial charge in [-0.3, -0.25) is 0 Å². The van der Waals surface area contributed by atoms with Crippen molar-refractivity contribution in [3.8, 4) is 0 Å². The topological polar surface area (TPSA) is 12.0 Å². The lowest BCUT2D eigenvalue weighted by Gasteiger charge is -2.22. The Labute approximate surface area is 140 Å². The van der Waals surface area contributed by atoms with Crippen molar-refractivity contribution >= 4 is 27.5 Å². The van der Waals surface area contributed by atoms with Gasteiger partial charge in [0.25, 0.3) is 0 Å². The lowest BCUT2D eigenvalue weighted by Crippen LogP contribution is -2.24. The predicted octanol–water partition coefficient (Wildman–Crippen LogP) is 5.81. The highest BCUT2D eigenvalue weighted by Crippen LogP contribution is 2.30. The van der Waals surface area contributed by atoms with Crippen molar-refractivity contribution < 1.29 is 0 Å². The quantitative estimate of drug-likeness (QED) is 0.704. The zero-order chi connectivity index (χ0) is 15.4. The molecule has 0 spiro atoms. The van der Waals surface area contributed by atoms with E-state index in [1.165, 1.54) is 22.3 Å². The summed E-state index contributed by atoms with van der Waals surface area (Å²) in [5.74, 6) is 0. The fraction of sp³-hybridized carbons (Fsp3) is 0.333. The average Bonchev–Trinajstić information content (AvgIpc) is 2.46. The maximum atomic E-state index is 6.02. The minimum Gasteiger partial charge on any atom is -0.306 e. The van der Waals surface area contributed by atoms with Crippen molar-refractivity contribution in [3.05, 3.63) is 68.1 Å². The summed E-state index contributed by atoms with van der Waals surface area (Å²) in [6, 6.07) is 12.8. The molecule has 1 unspecified atom stereocenters. The highest BCUT2D eigenvalue weighted by atomic mass is 79.9. The van der Waals surface area contributed by atoms with Crippen molar-refractivity contribution in [2.24, 2.45) is 0 Å². The molecule has 2 rings (SSSR count). The Morgan fingerprint density at radius 1 is 1.10 bits per heavy atom. The number of hydrogen-bond acceptors (Lipinski definition) is 1. The first-order valence-electron chi connectivity index (χ1n) is 7.28. The van der Waals surface area contributed by atoms with Gasteiger partial charge in [0.15, 0.2) is 0 Å². The minimum absolute atomic E-state index is 0.203. The summed E-state index contributed by atoms with van der Waals surface area (Å²) in [6.07, 6.45) is 1.11. The van der Waals surface area contributed by atoms with Crippen LogP contribution in [0.15, 0.2) is 40.9 Å². The normalized spacial score (nSPS) is 12.4. The molecule has 2 aromatic carbocycles. The van der Waals surface area contributed by atoms with E-state index in [2.05, 4.69) is 66.3 Å². The van der Waals surface area contributed by atoms with Crippen molar-refractivity contribution in [2.45, 2.75) is 33.2 Å². The number of nitrogens with one attached hydrogen (secondary N) is 1. The average molecular weight is 367 g/mol. The van der Waals surface area contributed by atoms with E-state index < -0.39 is 0 Å². The Morgan fingerprint density at radius 2 is 1.76 bits per heavy atom. The first-order valence-corrected chi connectivity index (χ1v) is 8.45. The van der Waals surface area contributed by atoms with E-state index in [4.69, 9.17) is 11.6 Å². The Bertz CT molecular complexity index is 607. The number of benzene rings is 2. The number of aryl methyl sites for hydroxylation is 2. The summed E-state index contributed by atoms with van der Waals surface area (Å²) >= 11 is 9.63. The molecule has 1 nitrogen and oxygen atoms in total. The Hall–Kier alpha value is -0.830. The van der Waals surface area contributed by atoms with Gasteiger partial charge in [0.2, 0.25) is 0 Å². The van der Waals surface area contributed by atoms with Gasteiger partial charge in [-0.15, -0.1) is 0 Å². The fourth-order valence-corrected chi connectivity index (χ4v) is 3.05. The maximum absolute atomic E-state index is 6.02.